The molecule has 6 nitrogen and oxygen atoms in total. The Kier molecular flexibility index (Phi) is 4.51. The largest absolute Gasteiger partial charge is 0.463 e. The summed E-state index contributed by atoms with van der Waals surface area (Å²) in [6.45, 7) is 0.585. The number of hydrogen-bond donors (Lipinski definition) is 2. The van der Waals surface area contributed by atoms with E-state index in [0.29, 0.717) is 18.0 Å². The molecule has 0 bridgehead atoms. The summed E-state index contributed by atoms with van der Waals surface area (Å²) in [7, 11) is 0. The maximum absolute atomic E-state index is 12.1. The van der Waals surface area contributed by atoms with Gasteiger partial charge in [-0.05, 0) is 30.6 Å². The highest BCUT2D eigenvalue weighted by atomic mass is 32.2. The van der Waals surface area contributed by atoms with Gasteiger partial charge in [0.05, 0.1) is 6.26 Å². The monoisotopic (exact) mass is 281 g/mol. The molecular formula is C12H15N3O3S. The summed E-state index contributed by atoms with van der Waals surface area (Å²) in [6.07, 6.45) is 4.42. The van der Waals surface area contributed by atoms with E-state index in [2.05, 4.69) is 10.5 Å². The number of carbonyl (C=O) groups is 1. The zero-order valence-corrected chi connectivity index (χ0v) is 11.3. The van der Waals surface area contributed by atoms with Crippen molar-refractivity contribution in [2.75, 3.05) is 24.3 Å². The lowest BCUT2D eigenvalue weighted by Gasteiger charge is -2.03. The van der Waals surface area contributed by atoms with Gasteiger partial charge < -0.3 is 20.0 Å². The van der Waals surface area contributed by atoms with Crippen molar-refractivity contribution in [2.24, 2.45) is 0 Å². The molecule has 3 N–H and O–H groups in total. The van der Waals surface area contributed by atoms with Crippen molar-refractivity contribution in [3.63, 3.8) is 0 Å². The third kappa shape index (κ3) is 3.11. The predicted octanol–water partition coefficient (Wildman–Crippen LogP) is 2.00. The molecule has 0 aromatic carbocycles. The molecule has 0 saturated heterocycles. The van der Waals surface area contributed by atoms with Crippen molar-refractivity contribution in [1.29, 1.82) is 0 Å². The standard InChI is InChI=1S/C12H15N3O3S/c1-19-7-3-5-14-12(16)9-10(15-18-11(9)13)8-4-2-6-17-8/h2,4,6H,3,5,7,13H2,1H3,(H,14,16). The first-order valence-electron chi connectivity index (χ1n) is 5.80. The van der Waals surface area contributed by atoms with Crippen LogP contribution in [0.25, 0.3) is 11.5 Å². The first kappa shape index (κ1) is 13.5. The summed E-state index contributed by atoms with van der Waals surface area (Å²) in [5.74, 6) is 1.14. The molecule has 0 fully saturated rings. The number of amides is 1. The molecule has 0 aliphatic carbocycles. The predicted molar refractivity (Wildman–Crippen MR) is 73.9 cm³/mol. The summed E-state index contributed by atoms with van der Waals surface area (Å²) in [6, 6.07) is 3.40. The highest BCUT2D eigenvalue weighted by Gasteiger charge is 2.23. The van der Waals surface area contributed by atoms with Crippen LogP contribution < -0.4 is 11.1 Å². The minimum absolute atomic E-state index is 0.00577. The third-order valence-electron chi connectivity index (χ3n) is 2.51. The van der Waals surface area contributed by atoms with Crippen LogP contribution in [0.1, 0.15) is 16.8 Å². The van der Waals surface area contributed by atoms with Gasteiger partial charge in [-0.15, -0.1) is 0 Å². The maximum atomic E-state index is 12.1. The Balaban J connectivity index is 2.11. The molecule has 19 heavy (non-hydrogen) atoms. The first-order valence-corrected chi connectivity index (χ1v) is 7.19. The van der Waals surface area contributed by atoms with Gasteiger partial charge in [-0.1, -0.05) is 5.16 Å². The molecule has 2 aromatic rings. The van der Waals surface area contributed by atoms with Gasteiger partial charge in [0.15, 0.2) is 11.5 Å². The maximum Gasteiger partial charge on any atom is 0.259 e. The Morgan fingerprint density at radius 3 is 3.11 bits per heavy atom. The number of aromatic nitrogens is 1. The summed E-state index contributed by atoms with van der Waals surface area (Å²) >= 11 is 1.73. The Labute approximate surface area is 114 Å². The van der Waals surface area contributed by atoms with Gasteiger partial charge in [0.25, 0.3) is 5.91 Å². The van der Waals surface area contributed by atoms with E-state index >= 15 is 0 Å². The van der Waals surface area contributed by atoms with E-state index in [-0.39, 0.29) is 17.4 Å². The van der Waals surface area contributed by atoms with E-state index in [1.54, 1.807) is 23.9 Å². The number of thioether (sulfide) groups is 1. The fourth-order valence-corrected chi connectivity index (χ4v) is 2.04. The van der Waals surface area contributed by atoms with Crippen molar-refractivity contribution in [2.45, 2.75) is 6.42 Å². The summed E-state index contributed by atoms with van der Waals surface area (Å²) < 4.78 is 10.1. The van der Waals surface area contributed by atoms with Gasteiger partial charge in [-0.2, -0.15) is 11.8 Å². The zero-order chi connectivity index (χ0) is 13.7. The molecule has 0 saturated carbocycles. The average molecular weight is 281 g/mol. The molecule has 2 aromatic heterocycles. The number of hydrogen-bond acceptors (Lipinski definition) is 6. The van der Waals surface area contributed by atoms with E-state index in [1.165, 1.54) is 6.26 Å². The topological polar surface area (TPSA) is 94.3 Å². The molecular weight excluding hydrogens is 266 g/mol. The van der Waals surface area contributed by atoms with Crippen LogP contribution in [0.4, 0.5) is 5.88 Å². The smallest absolute Gasteiger partial charge is 0.259 e. The van der Waals surface area contributed by atoms with E-state index in [0.717, 1.165) is 12.2 Å². The number of rotatable bonds is 6. The van der Waals surface area contributed by atoms with Crippen LogP contribution in [0.2, 0.25) is 0 Å². The van der Waals surface area contributed by atoms with Gasteiger partial charge in [-0.3, -0.25) is 4.79 Å². The second kappa shape index (κ2) is 6.33. The lowest BCUT2D eigenvalue weighted by Crippen LogP contribution is -2.25. The van der Waals surface area contributed by atoms with Crippen LogP contribution >= 0.6 is 11.8 Å². The van der Waals surface area contributed by atoms with E-state index in [9.17, 15) is 4.79 Å². The number of nitrogens with one attached hydrogen (secondary N) is 1. The van der Waals surface area contributed by atoms with E-state index < -0.39 is 0 Å². The van der Waals surface area contributed by atoms with Crippen molar-refractivity contribution >= 4 is 23.6 Å². The molecule has 1 amide bonds. The van der Waals surface area contributed by atoms with E-state index in [1.807, 2.05) is 6.26 Å². The van der Waals surface area contributed by atoms with Crippen LogP contribution in [-0.2, 0) is 0 Å². The van der Waals surface area contributed by atoms with Gasteiger partial charge in [0, 0.05) is 6.54 Å². The first-order chi connectivity index (χ1) is 9.24. The van der Waals surface area contributed by atoms with Crippen LogP contribution in [0.5, 0.6) is 0 Å². The second-order valence-electron chi connectivity index (χ2n) is 3.85. The lowest BCUT2D eigenvalue weighted by molar-refractivity contribution is 0.0954. The Morgan fingerprint density at radius 2 is 2.42 bits per heavy atom. The zero-order valence-electron chi connectivity index (χ0n) is 10.5. The van der Waals surface area contributed by atoms with Crippen LogP contribution in [-0.4, -0.2) is 29.6 Å². The lowest BCUT2D eigenvalue weighted by atomic mass is 10.2. The summed E-state index contributed by atoms with van der Waals surface area (Å²) in [5, 5.41) is 6.55. The van der Waals surface area contributed by atoms with Crippen molar-refractivity contribution in [1.82, 2.24) is 10.5 Å². The molecule has 0 radical (unpaired) electrons. The minimum atomic E-state index is -0.300. The number of nitrogens with zero attached hydrogens (tertiary/aromatic N) is 1. The fraction of sp³-hybridized carbons (Fsp3) is 0.333. The molecule has 102 valence electrons. The number of nitrogens with two attached hydrogens (primary N) is 1. The van der Waals surface area contributed by atoms with Crippen LogP contribution in [0.15, 0.2) is 27.3 Å². The Morgan fingerprint density at radius 1 is 1.58 bits per heavy atom. The fourth-order valence-electron chi connectivity index (χ4n) is 1.61. The Hall–Kier alpha value is -1.89. The number of nitrogen functional groups attached to an aromatic ring is 1. The number of carbonyl (C=O) groups excluding carboxylic acids is 1. The molecule has 0 aliphatic heterocycles. The third-order valence-corrected chi connectivity index (χ3v) is 3.21. The summed E-state index contributed by atoms with van der Waals surface area (Å²) in [5.41, 5.74) is 6.19. The normalized spacial score (nSPS) is 10.6. The molecule has 0 spiro atoms. The number of anilines is 1. The molecule has 2 rings (SSSR count). The SMILES string of the molecule is CSCCCNC(=O)c1c(-c2ccco2)noc1N. The quantitative estimate of drug-likeness (QED) is 0.786. The van der Waals surface area contributed by atoms with Gasteiger partial charge in [0.2, 0.25) is 5.88 Å². The number of furan rings is 1. The van der Waals surface area contributed by atoms with Gasteiger partial charge >= 0.3 is 0 Å². The van der Waals surface area contributed by atoms with Crippen LogP contribution in [0.3, 0.4) is 0 Å². The van der Waals surface area contributed by atoms with Gasteiger partial charge in [0.1, 0.15) is 5.56 Å². The van der Waals surface area contributed by atoms with Crippen LogP contribution in [0, 0.1) is 0 Å². The molecule has 0 atom stereocenters. The molecule has 7 heteroatoms. The second-order valence-corrected chi connectivity index (χ2v) is 4.84. The Bertz CT molecular complexity index is 536. The van der Waals surface area contributed by atoms with E-state index in [4.69, 9.17) is 14.7 Å². The molecule has 0 aliphatic rings. The molecule has 2 heterocycles. The molecule has 0 unspecified atom stereocenters. The van der Waals surface area contributed by atoms with Crippen molar-refractivity contribution in [3.05, 3.63) is 24.0 Å². The summed E-state index contributed by atoms with van der Waals surface area (Å²) in [4.78, 5) is 12.1. The highest BCUT2D eigenvalue weighted by Crippen LogP contribution is 2.27. The van der Waals surface area contributed by atoms with Crippen molar-refractivity contribution in [3.8, 4) is 11.5 Å². The minimum Gasteiger partial charge on any atom is -0.463 e. The van der Waals surface area contributed by atoms with Gasteiger partial charge in [-0.25, -0.2) is 0 Å². The van der Waals surface area contributed by atoms with Crippen molar-refractivity contribution < 1.29 is 13.7 Å². The highest BCUT2D eigenvalue weighted by molar-refractivity contribution is 7.98. The average Bonchev–Trinajstić information content (AvgIpc) is 3.03.